The van der Waals surface area contributed by atoms with Crippen LogP contribution in [0.15, 0.2) is 16.6 Å². The van der Waals surface area contributed by atoms with Gasteiger partial charge in [-0.2, -0.15) is 0 Å². The molecule has 1 saturated carbocycles. The molecule has 1 aliphatic heterocycles. The van der Waals surface area contributed by atoms with Gasteiger partial charge in [-0.3, -0.25) is 0 Å². The molecule has 0 saturated heterocycles. The smallest absolute Gasteiger partial charge is 0.175 e. The van der Waals surface area contributed by atoms with Crippen molar-refractivity contribution in [3.8, 4) is 11.5 Å². The van der Waals surface area contributed by atoms with E-state index in [0.29, 0.717) is 19.1 Å². The lowest BCUT2D eigenvalue weighted by atomic mass is 9.77. The number of fused-ring (bicyclic) bond motifs is 1. The summed E-state index contributed by atoms with van der Waals surface area (Å²) >= 11 is 3.53. The molecule has 0 radical (unpaired) electrons. The molecule has 3 nitrogen and oxygen atoms in total. The van der Waals surface area contributed by atoms with Crippen LogP contribution in [0.1, 0.15) is 50.7 Å². The Kier molecular flexibility index (Phi) is 4.75. The Labute approximate surface area is 134 Å². The van der Waals surface area contributed by atoms with Gasteiger partial charge in [-0.1, -0.05) is 26.2 Å². The molecule has 1 heterocycles. The van der Waals surface area contributed by atoms with E-state index < -0.39 is 6.10 Å². The minimum Gasteiger partial charge on any atom is -0.486 e. The van der Waals surface area contributed by atoms with Crippen LogP contribution < -0.4 is 9.47 Å². The largest absolute Gasteiger partial charge is 0.486 e. The van der Waals surface area contributed by atoms with Crippen molar-refractivity contribution in [3.63, 3.8) is 0 Å². The van der Waals surface area contributed by atoms with Crippen molar-refractivity contribution in [2.24, 2.45) is 11.8 Å². The van der Waals surface area contributed by atoms with Gasteiger partial charge < -0.3 is 14.6 Å². The quantitative estimate of drug-likeness (QED) is 0.870. The van der Waals surface area contributed by atoms with E-state index in [1.165, 1.54) is 19.3 Å². The molecule has 2 aliphatic rings. The molecule has 1 unspecified atom stereocenters. The van der Waals surface area contributed by atoms with Crippen molar-refractivity contribution < 1.29 is 14.6 Å². The molecule has 3 rings (SSSR count). The maximum Gasteiger partial charge on any atom is 0.175 e. The van der Waals surface area contributed by atoms with Crippen molar-refractivity contribution in [2.75, 3.05) is 13.2 Å². The van der Waals surface area contributed by atoms with Crippen molar-refractivity contribution >= 4 is 15.9 Å². The van der Waals surface area contributed by atoms with Gasteiger partial charge in [0.15, 0.2) is 11.5 Å². The minimum absolute atomic E-state index is 0.363. The highest BCUT2D eigenvalue weighted by Gasteiger charge is 2.28. The summed E-state index contributed by atoms with van der Waals surface area (Å²) in [5, 5.41) is 10.7. The molecule has 1 N–H and O–H groups in total. The first-order valence-electron chi connectivity index (χ1n) is 7.96. The molecular weight excluding hydrogens is 332 g/mol. The van der Waals surface area contributed by atoms with Crippen molar-refractivity contribution in [3.05, 3.63) is 22.2 Å². The van der Waals surface area contributed by atoms with Crippen LogP contribution >= 0.6 is 15.9 Å². The van der Waals surface area contributed by atoms with Gasteiger partial charge in [0.05, 0.1) is 10.6 Å². The second-order valence-corrected chi connectivity index (χ2v) is 7.02. The Hall–Kier alpha value is -0.740. The number of hydrogen-bond acceptors (Lipinski definition) is 3. The lowest BCUT2D eigenvalue weighted by Gasteiger charge is -2.31. The average molecular weight is 355 g/mol. The van der Waals surface area contributed by atoms with Crippen molar-refractivity contribution in [2.45, 2.75) is 45.1 Å². The SMILES string of the molecule is CCC1CCC(C(O)c2cc(Br)c3c(c2)OCCO3)CC1. The summed E-state index contributed by atoms with van der Waals surface area (Å²) in [6.07, 6.45) is 5.57. The van der Waals surface area contributed by atoms with Gasteiger partial charge in [-0.15, -0.1) is 0 Å². The van der Waals surface area contributed by atoms with Gasteiger partial charge in [0.25, 0.3) is 0 Å². The van der Waals surface area contributed by atoms with Gasteiger partial charge in [-0.05, 0) is 58.3 Å². The highest BCUT2D eigenvalue weighted by molar-refractivity contribution is 9.10. The number of aliphatic hydroxyl groups excluding tert-OH is 1. The summed E-state index contributed by atoms with van der Waals surface area (Å²) in [7, 11) is 0. The summed E-state index contributed by atoms with van der Waals surface area (Å²) < 4.78 is 12.1. The minimum atomic E-state index is -0.407. The molecular formula is C17H23BrO3. The van der Waals surface area contributed by atoms with Gasteiger partial charge in [0.2, 0.25) is 0 Å². The van der Waals surface area contributed by atoms with Gasteiger partial charge in [0, 0.05) is 0 Å². The normalized spacial score (nSPS) is 26.4. The van der Waals surface area contributed by atoms with Crippen molar-refractivity contribution in [1.29, 1.82) is 0 Å². The number of hydrogen-bond donors (Lipinski definition) is 1. The van der Waals surface area contributed by atoms with Crippen LogP contribution in [0.4, 0.5) is 0 Å². The van der Waals surface area contributed by atoms with Crippen molar-refractivity contribution in [1.82, 2.24) is 0 Å². The molecule has 1 aromatic carbocycles. The van der Waals surface area contributed by atoms with E-state index in [1.807, 2.05) is 12.1 Å². The molecule has 1 aliphatic carbocycles. The van der Waals surface area contributed by atoms with E-state index in [0.717, 1.165) is 40.3 Å². The van der Waals surface area contributed by atoms with Gasteiger partial charge >= 0.3 is 0 Å². The number of aliphatic hydroxyl groups is 1. The summed E-state index contributed by atoms with van der Waals surface area (Å²) in [4.78, 5) is 0. The highest BCUT2D eigenvalue weighted by atomic mass is 79.9. The summed E-state index contributed by atoms with van der Waals surface area (Å²) in [6.45, 7) is 3.41. The molecule has 0 spiro atoms. The van der Waals surface area contributed by atoms with Crippen LogP contribution in [0.2, 0.25) is 0 Å². The highest BCUT2D eigenvalue weighted by Crippen LogP contribution is 2.43. The fraction of sp³-hybridized carbons (Fsp3) is 0.647. The molecule has 1 fully saturated rings. The molecule has 0 amide bonds. The standard InChI is InChI=1S/C17H23BrO3/c1-2-11-3-5-12(6-4-11)16(19)13-9-14(18)17-15(10-13)20-7-8-21-17/h9-12,16,19H,2-8H2,1H3. The fourth-order valence-electron chi connectivity index (χ4n) is 3.49. The first-order valence-corrected chi connectivity index (χ1v) is 8.75. The number of ether oxygens (including phenoxy) is 2. The van der Waals surface area contributed by atoms with Crippen LogP contribution in [-0.2, 0) is 0 Å². The third-order valence-corrected chi connectivity index (χ3v) is 5.46. The van der Waals surface area contributed by atoms with Crippen LogP contribution in [0.3, 0.4) is 0 Å². The maximum atomic E-state index is 10.7. The molecule has 0 bridgehead atoms. The van der Waals surface area contributed by atoms with Crippen LogP contribution in [0, 0.1) is 11.8 Å². The van der Waals surface area contributed by atoms with Gasteiger partial charge in [0.1, 0.15) is 13.2 Å². The Morgan fingerprint density at radius 1 is 1.19 bits per heavy atom. The Morgan fingerprint density at radius 2 is 1.90 bits per heavy atom. The molecule has 1 aromatic rings. The second-order valence-electron chi connectivity index (χ2n) is 6.16. The fourth-order valence-corrected chi connectivity index (χ4v) is 4.06. The van der Waals surface area contributed by atoms with E-state index >= 15 is 0 Å². The zero-order valence-corrected chi connectivity index (χ0v) is 14.1. The summed E-state index contributed by atoms with van der Waals surface area (Å²) in [6, 6.07) is 3.92. The predicted octanol–water partition coefficient (Wildman–Crippen LogP) is 4.47. The lowest BCUT2D eigenvalue weighted by Crippen LogP contribution is -2.21. The summed E-state index contributed by atoms with van der Waals surface area (Å²) in [5.41, 5.74) is 0.936. The summed E-state index contributed by atoms with van der Waals surface area (Å²) in [5.74, 6) is 2.71. The van der Waals surface area contributed by atoms with E-state index in [2.05, 4.69) is 22.9 Å². The third-order valence-electron chi connectivity index (χ3n) is 4.88. The Morgan fingerprint density at radius 3 is 2.62 bits per heavy atom. The first kappa shape index (κ1) is 15.2. The monoisotopic (exact) mass is 354 g/mol. The van der Waals surface area contributed by atoms with E-state index in [4.69, 9.17) is 9.47 Å². The lowest BCUT2D eigenvalue weighted by molar-refractivity contribution is 0.0722. The topological polar surface area (TPSA) is 38.7 Å². The number of halogens is 1. The molecule has 4 heteroatoms. The molecule has 21 heavy (non-hydrogen) atoms. The Bertz CT molecular complexity index is 495. The Balaban J connectivity index is 1.76. The van der Waals surface area contributed by atoms with Crippen LogP contribution in [-0.4, -0.2) is 18.3 Å². The molecule has 1 atom stereocenters. The second kappa shape index (κ2) is 6.57. The van der Waals surface area contributed by atoms with Gasteiger partial charge in [-0.25, -0.2) is 0 Å². The van der Waals surface area contributed by atoms with E-state index in [1.54, 1.807) is 0 Å². The molecule has 0 aromatic heterocycles. The number of rotatable bonds is 3. The third kappa shape index (κ3) is 3.21. The molecule has 116 valence electrons. The van der Waals surface area contributed by atoms with Crippen LogP contribution in [0.5, 0.6) is 11.5 Å². The van der Waals surface area contributed by atoms with E-state index in [9.17, 15) is 5.11 Å². The number of benzene rings is 1. The maximum absolute atomic E-state index is 10.7. The average Bonchev–Trinajstić information content (AvgIpc) is 2.54. The first-order chi connectivity index (χ1) is 10.2. The van der Waals surface area contributed by atoms with Crippen LogP contribution in [0.25, 0.3) is 0 Å². The van der Waals surface area contributed by atoms with E-state index in [-0.39, 0.29) is 0 Å². The zero-order chi connectivity index (χ0) is 14.8. The predicted molar refractivity (Wildman–Crippen MR) is 85.8 cm³/mol. The zero-order valence-electron chi connectivity index (χ0n) is 12.5.